The van der Waals surface area contributed by atoms with E-state index in [0.717, 1.165) is 12.3 Å². The number of rotatable bonds is 20. The Hall–Kier alpha value is -0.390. The lowest BCUT2D eigenvalue weighted by atomic mass is 10.1. The van der Waals surface area contributed by atoms with Crippen LogP contribution >= 0.6 is 7.49 Å². The maximum atomic E-state index is 11.6. The van der Waals surface area contributed by atoms with E-state index in [1.807, 2.05) is 0 Å². The van der Waals surface area contributed by atoms with Crippen molar-refractivity contribution in [3.8, 4) is 0 Å². The highest BCUT2D eigenvalue weighted by atomic mass is 31.2. The molecule has 0 saturated carbocycles. The van der Waals surface area contributed by atoms with E-state index < -0.39 is 7.49 Å². The van der Waals surface area contributed by atoms with Crippen molar-refractivity contribution in [3.63, 3.8) is 0 Å². The molecule has 0 saturated heterocycles. The maximum Gasteiger partial charge on any atom is 0.174 e. The first-order valence-electron chi connectivity index (χ1n) is 12.9. The molecule has 1 rings (SSSR count). The molecule has 0 aliphatic carbocycles. The van der Waals surface area contributed by atoms with Gasteiger partial charge in [0.25, 0.3) is 0 Å². The topological polar surface area (TPSA) is 20.2 Å². The standard InChI is InChI=1S/C27H50OP/c1-3-5-7-9-11-12-13-15-17-22-26-29(28,27-23-19-18-20-24-27)25-21-16-14-10-8-6-4-2/h18-20,23-24,28H,3-17,21-22,25-26H2,1-2H3/q+1. The first-order chi connectivity index (χ1) is 14.2. The van der Waals surface area contributed by atoms with E-state index in [-0.39, 0.29) is 0 Å². The van der Waals surface area contributed by atoms with Gasteiger partial charge in [-0.05, 0) is 37.8 Å². The third-order valence-corrected chi connectivity index (χ3v) is 9.62. The van der Waals surface area contributed by atoms with Gasteiger partial charge in [-0.1, -0.05) is 116 Å². The minimum absolute atomic E-state index is 1.03. The fourth-order valence-corrected chi connectivity index (χ4v) is 7.23. The van der Waals surface area contributed by atoms with Crippen LogP contribution in [-0.4, -0.2) is 17.2 Å². The van der Waals surface area contributed by atoms with Crippen LogP contribution in [0.15, 0.2) is 30.3 Å². The zero-order chi connectivity index (χ0) is 21.0. The summed E-state index contributed by atoms with van der Waals surface area (Å²) in [4.78, 5) is 11.6. The predicted octanol–water partition coefficient (Wildman–Crippen LogP) is 8.91. The summed E-state index contributed by atoms with van der Waals surface area (Å²) in [7, 11) is -1.96. The Morgan fingerprint density at radius 2 is 0.862 bits per heavy atom. The lowest BCUT2D eigenvalue weighted by molar-refractivity contribution is 0.555. The second kappa shape index (κ2) is 18.4. The van der Waals surface area contributed by atoms with Crippen LogP contribution in [0, 0.1) is 0 Å². The van der Waals surface area contributed by atoms with Crippen molar-refractivity contribution in [2.24, 2.45) is 0 Å². The normalized spacial score (nSPS) is 13.5. The summed E-state index contributed by atoms with van der Waals surface area (Å²) in [5.41, 5.74) is 0. The molecule has 0 amide bonds. The average molecular weight is 422 g/mol. The van der Waals surface area contributed by atoms with E-state index in [9.17, 15) is 4.89 Å². The summed E-state index contributed by atoms with van der Waals surface area (Å²) in [5, 5.41) is 1.24. The molecule has 1 N–H and O–H groups in total. The van der Waals surface area contributed by atoms with Crippen LogP contribution in [-0.2, 0) is 0 Å². The molecule has 2 heteroatoms. The first kappa shape index (κ1) is 26.6. The van der Waals surface area contributed by atoms with Gasteiger partial charge in [-0.3, -0.25) is 0 Å². The Balaban J connectivity index is 2.26. The highest BCUT2D eigenvalue weighted by Gasteiger charge is 2.36. The van der Waals surface area contributed by atoms with Crippen LogP contribution in [0.25, 0.3) is 0 Å². The quantitative estimate of drug-likeness (QED) is 0.165. The van der Waals surface area contributed by atoms with Crippen molar-refractivity contribution < 1.29 is 4.89 Å². The molecule has 0 fully saturated rings. The summed E-state index contributed by atoms with van der Waals surface area (Å²) in [6.45, 7) is 4.56. The van der Waals surface area contributed by atoms with E-state index >= 15 is 0 Å². The second-order valence-electron chi connectivity index (χ2n) is 9.01. The van der Waals surface area contributed by atoms with Crippen molar-refractivity contribution in [1.29, 1.82) is 0 Å². The van der Waals surface area contributed by atoms with Crippen LogP contribution in [0.3, 0.4) is 0 Å². The van der Waals surface area contributed by atoms with E-state index in [1.165, 1.54) is 114 Å². The largest absolute Gasteiger partial charge is 0.246 e. The molecular weight excluding hydrogens is 371 g/mol. The Morgan fingerprint density at radius 3 is 1.24 bits per heavy atom. The minimum atomic E-state index is -1.96. The van der Waals surface area contributed by atoms with Crippen LogP contribution in [0.1, 0.15) is 123 Å². The van der Waals surface area contributed by atoms with Gasteiger partial charge in [-0.25, -0.2) is 4.89 Å². The smallest absolute Gasteiger partial charge is 0.174 e. The molecule has 1 nitrogen and oxygen atoms in total. The SMILES string of the molecule is CCCCCCCCCCCC[P+](O)(CCCCCCCCC)c1ccccc1. The van der Waals surface area contributed by atoms with Gasteiger partial charge in [0.05, 0.1) is 12.3 Å². The van der Waals surface area contributed by atoms with Crippen molar-refractivity contribution in [1.82, 2.24) is 0 Å². The molecule has 1 aromatic carbocycles. The molecule has 29 heavy (non-hydrogen) atoms. The van der Waals surface area contributed by atoms with Crippen molar-refractivity contribution >= 4 is 12.8 Å². The van der Waals surface area contributed by atoms with Gasteiger partial charge in [-0.15, -0.1) is 0 Å². The van der Waals surface area contributed by atoms with E-state index in [4.69, 9.17) is 0 Å². The zero-order valence-corrected chi connectivity index (χ0v) is 20.6. The van der Waals surface area contributed by atoms with E-state index in [0.29, 0.717) is 0 Å². The highest BCUT2D eigenvalue weighted by molar-refractivity contribution is 7.77. The zero-order valence-electron chi connectivity index (χ0n) is 19.7. The summed E-state index contributed by atoms with van der Waals surface area (Å²) < 4.78 is 0. The lowest BCUT2D eigenvalue weighted by Gasteiger charge is -2.20. The average Bonchev–Trinajstić information content (AvgIpc) is 2.75. The van der Waals surface area contributed by atoms with E-state index in [2.05, 4.69) is 44.2 Å². The molecule has 168 valence electrons. The highest BCUT2D eigenvalue weighted by Crippen LogP contribution is 2.54. The van der Waals surface area contributed by atoms with Gasteiger partial charge < -0.3 is 0 Å². The predicted molar refractivity (Wildman–Crippen MR) is 135 cm³/mol. The van der Waals surface area contributed by atoms with Crippen molar-refractivity contribution in [2.45, 2.75) is 123 Å². The summed E-state index contributed by atoms with van der Waals surface area (Å²) >= 11 is 0. The first-order valence-corrected chi connectivity index (χ1v) is 15.0. The lowest BCUT2D eigenvalue weighted by Crippen LogP contribution is -2.17. The molecule has 0 heterocycles. The number of benzene rings is 1. The molecule has 0 aliphatic heterocycles. The monoisotopic (exact) mass is 421 g/mol. The maximum absolute atomic E-state index is 11.6. The number of hydrogen-bond donors (Lipinski definition) is 1. The Kier molecular flexibility index (Phi) is 16.9. The molecule has 0 bridgehead atoms. The van der Waals surface area contributed by atoms with Crippen molar-refractivity contribution in [2.75, 3.05) is 12.3 Å². The third-order valence-electron chi connectivity index (χ3n) is 6.25. The fourth-order valence-electron chi connectivity index (χ4n) is 4.27. The van der Waals surface area contributed by atoms with Crippen LogP contribution in [0.2, 0.25) is 0 Å². The Labute approximate surface area is 183 Å². The van der Waals surface area contributed by atoms with Gasteiger partial charge in [-0.2, -0.15) is 0 Å². The van der Waals surface area contributed by atoms with Gasteiger partial charge in [0.2, 0.25) is 0 Å². The van der Waals surface area contributed by atoms with Crippen LogP contribution in [0.4, 0.5) is 0 Å². The minimum Gasteiger partial charge on any atom is -0.246 e. The number of hydrogen-bond acceptors (Lipinski definition) is 1. The molecule has 0 aliphatic rings. The Morgan fingerprint density at radius 1 is 0.517 bits per heavy atom. The second-order valence-corrected chi connectivity index (χ2v) is 12.3. The van der Waals surface area contributed by atoms with Crippen molar-refractivity contribution in [3.05, 3.63) is 30.3 Å². The summed E-state index contributed by atoms with van der Waals surface area (Å²) in [6.07, 6.45) is 25.0. The molecular formula is C27H50OP+. The summed E-state index contributed by atoms with van der Waals surface area (Å²) in [6, 6.07) is 10.6. The molecule has 0 aromatic heterocycles. The Bertz CT molecular complexity index is 461. The van der Waals surface area contributed by atoms with Crippen LogP contribution < -0.4 is 5.30 Å². The molecule has 0 spiro atoms. The van der Waals surface area contributed by atoms with Gasteiger partial charge in [0, 0.05) is 0 Å². The summed E-state index contributed by atoms with van der Waals surface area (Å²) in [5.74, 6) is 0. The molecule has 1 atom stereocenters. The van der Waals surface area contributed by atoms with Crippen LogP contribution in [0.5, 0.6) is 0 Å². The van der Waals surface area contributed by atoms with Gasteiger partial charge >= 0.3 is 0 Å². The number of unbranched alkanes of at least 4 members (excludes halogenated alkanes) is 15. The third kappa shape index (κ3) is 13.5. The molecule has 1 aromatic rings. The van der Waals surface area contributed by atoms with Gasteiger partial charge in [0.15, 0.2) is 7.49 Å². The molecule has 1 unspecified atom stereocenters. The fraction of sp³-hybridized carbons (Fsp3) is 0.778. The van der Waals surface area contributed by atoms with Gasteiger partial charge in [0.1, 0.15) is 5.30 Å². The molecule has 0 radical (unpaired) electrons. The van der Waals surface area contributed by atoms with E-state index in [1.54, 1.807) is 0 Å².